The second-order valence-electron chi connectivity index (χ2n) is 7.62. The average Bonchev–Trinajstić information content (AvgIpc) is 2.74. The number of anilines is 3. The van der Waals surface area contributed by atoms with Crippen LogP contribution < -0.4 is 26.8 Å². The topological polar surface area (TPSA) is 150 Å². The number of hydrogen-bond donors (Lipinski definition) is 4. The number of aromatic amines is 1. The average molecular weight is 489 g/mol. The molecule has 2 aromatic rings. The van der Waals surface area contributed by atoms with Gasteiger partial charge >= 0.3 is 0 Å². The molecule has 1 aromatic carbocycles. The van der Waals surface area contributed by atoms with Crippen molar-refractivity contribution in [2.45, 2.75) is 25.2 Å². The number of carbonyl (C=O) groups is 3. The van der Waals surface area contributed by atoms with E-state index in [1.807, 2.05) is 4.90 Å². The van der Waals surface area contributed by atoms with E-state index in [0.717, 1.165) is 4.47 Å². The zero-order valence-corrected chi connectivity index (χ0v) is 18.1. The molecule has 1 fully saturated rings. The summed E-state index contributed by atoms with van der Waals surface area (Å²) in [6, 6.07) is 6.98. The lowest BCUT2D eigenvalue weighted by molar-refractivity contribution is -0.123. The van der Waals surface area contributed by atoms with E-state index in [0.29, 0.717) is 37.6 Å². The maximum absolute atomic E-state index is 12.9. The van der Waals surface area contributed by atoms with Crippen molar-refractivity contribution in [1.82, 2.24) is 9.97 Å². The van der Waals surface area contributed by atoms with Gasteiger partial charge in [0.1, 0.15) is 5.82 Å². The van der Waals surface area contributed by atoms with Gasteiger partial charge in [-0.1, -0.05) is 15.9 Å². The number of amides is 3. The van der Waals surface area contributed by atoms with Crippen LogP contribution in [0.4, 0.5) is 17.5 Å². The normalized spacial score (nSPS) is 18.8. The number of aromatic nitrogens is 2. The summed E-state index contributed by atoms with van der Waals surface area (Å²) in [5.74, 6) is -1.96. The van der Waals surface area contributed by atoms with Gasteiger partial charge in [0.15, 0.2) is 0 Å². The van der Waals surface area contributed by atoms with Crippen molar-refractivity contribution in [1.29, 1.82) is 0 Å². The van der Waals surface area contributed by atoms with Crippen molar-refractivity contribution in [3.8, 4) is 0 Å². The predicted octanol–water partition coefficient (Wildman–Crippen LogP) is 1.30. The molecule has 3 heterocycles. The van der Waals surface area contributed by atoms with Crippen molar-refractivity contribution >= 4 is 51.1 Å². The van der Waals surface area contributed by atoms with Crippen molar-refractivity contribution in [3.05, 3.63) is 44.7 Å². The Labute approximate surface area is 185 Å². The lowest BCUT2D eigenvalue weighted by atomic mass is 9.92. The molecule has 31 heavy (non-hydrogen) atoms. The number of fused-ring (bicyclic) bond motifs is 1. The van der Waals surface area contributed by atoms with Crippen molar-refractivity contribution in [2.75, 3.05) is 28.6 Å². The largest absolute Gasteiger partial charge is 0.369 e. The number of hydrogen-bond acceptors (Lipinski definition) is 6. The fraction of sp³-hybridized carbons (Fsp3) is 0.350. The second-order valence-corrected chi connectivity index (χ2v) is 8.53. The monoisotopic (exact) mass is 488 g/mol. The summed E-state index contributed by atoms with van der Waals surface area (Å²) in [7, 11) is 0. The second kappa shape index (κ2) is 8.50. The summed E-state index contributed by atoms with van der Waals surface area (Å²) >= 11 is 3.33. The van der Waals surface area contributed by atoms with Gasteiger partial charge in [-0.2, -0.15) is 4.98 Å². The Kier molecular flexibility index (Phi) is 5.77. The van der Waals surface area contributed by atoms with E-state index in [4.69, 9.17) is 5.73 Å². The van der Waals surface area contributed by atoms with Crippen LogP contribution in [-0.2, 0) is 14.4 Å². The van der Waals surface area contributed by atoms with E-state index in [1.165, 1.54) is 0 Å². The Hall–Kier alpha value is -3.21. The molecule has 4 rings (SSSR count). The predicted molar refractivity (Wildman–Crippen MR) is 118 cm³/mol. The molecule has 1 saturated heterocycles. The fourth-order valence-electron chi connectivity index (χ4n) is 3.87. The third-order valence-electron chi connectivity index (χ3n) is 5.56. The van der Waals surface area contributed by atoms with Crippen LogP contribution in [0.2, 0.25) is 0 Å². The molecule has 2 aliphatic heterocycles. The van der Waals surface area contributed by atoms with Crippen molar-refractivity contribution in [2.24, 2.45) is 11.7 Å². The minimum atomic E-state index is -0.960. The first-order chi connectivity index (χ1) is 14.8. The molecule has 5 N–H and O–H groups in total. The first-order valence-corrected chi connectivity index (χ1v) is 10.7. The van der Waals surface area contributed by atoms with E-state index >= 15 is 0 Å². The lowest BCUT2D eigenvalue weighted by Gasteiger charge is -2.32. The minimum absolute atomic E-state index is 0.0861. The molecule has 10 nitrogen and oxygen atoms in total. The highest BCUT2D eigenvalue weighted by Gasteiger charge is 2.35. The molecule has 0 radical (unpaired) electrons. The van der Waals surface area contributed by atoms with Crippen LogP contribution in [0.15, 0.2) is 33.5 Å². The van der Waals surface area contributed by atoms with Crippen molar-refractivity contribution in [3.63, 3.8) is 0 Å². The van der Waals surface area contributed by atoms with E-state index in [2.05, 4.69) is 36.5 Å². The van der Waals surface area contributed by atoms with Crippen LogP contribution in [0.3, 0.4) is 0 Å². The molecule has 3 amide bonds. The summed E-state index contributed by atoms with van der Waals surface area (Å²) in [4.78, 5) is 58.3. The van der Waals surface area contributed by atoms with Gasteiger partial charge < -0.3 is 21.3 Å². The molecular weight excluding hydrogens is 468 g/mol. The smallest absolute Gasteiger partial charge is 0.258 e. The Bertz CT molecular complexity index is 1090. The number of H-pyrrole nitrogens is 1. The van der Waals surface area contributed by atoms with Crippen LogP contribution in [0.5, 0.6) is 0 Å². The fourth-order valence-corrected chi connectivity index (χ4v) is 4.14. The summed E-state index contributed by atoms with van der Waals surface area (Å²) in [6.45, 7) is 0.994. The van der Waals surface area contributed by atoms with Crippen LogP contribution in [-0.4, -0.2) is 40.8 Å². The number of carbonyl (C=O) groups excluding carboxylic acids is 3. The molecule has 1 aromatic heterocycles. The zero-order valence-electron chi connectivity index (χ0n) is 16.5. The van der Waals surface area contributed by atoms with Gasteiger partial charge in [-0.05, 0) is 37.1 Å². The molecular formula is C20H21BrN6O4. The lowest BCUT2D eigenvalue weighted by Crippen LogP contribution is -2.41. The summed E-state index contributed by atoms with van der Waals surface area (Å²) in [6.07, 6.45) is 0.963. The zero-order chi connectivity index (χ0) is 22.1. The Morgan fingerprint density at radius 2 is 1.84 bits per heavy atom. The van der Waals surface area contributed by atoms with Gasteiger partial charge in [-0.15, -0.1) is 0 Å². The highest BCUT2D eigenvalue weighted by molar-refractivity contribution is 9.10. The number of halogens is 1. The highest BCUT2D eigenvalue weighted by Crippen LogP contribution is 2.31. The molecule has 1 unspecified atom stereocenters. The molecule has 2 aliphatic rings. The Morgan fingerprint density at radius 3 is 2.48 bits per heavy atom. The first-order valence-electron chi connectivity index (χ1n) is 9.86. The van der Waals surface area contributed by atoms with Crippen LogP contribution in [0.25, 0.3) is 0 Å². The van der Waals surface area contributed by atoms with Gasteiger partial charge in [0.2, 0.25) is 23.7 Å². The molecule has 11 heteroatoms. The van der Waals surface area contributed by atoms with Gasteiger partial charge in [0.25, 0.3) is 5.56 Å². The third-order valence-corrected chi connectivity index (χ3v) is 6.09. The molecule has 1 atom stereocenters. The highest BCUT2D eigenvalue weighted by atomic mass is 79.9. The summed E-state index contributed by atoms with van der Waals surface area (Å²) in [5, 5.41) is 5.35. The Morgan fingerprint density at radius 1 is 1.16 bits per heavy atom. The van der Waals surface area contributed by atoms with Crippen LogP contribution >= 0.6 is 15.9 Å². The van der Waals surface area contributed by atoms with E-state index in [9.17, 15) is 19.2 Å². The van der Waals surface area contributed by atoms with Gasteiger partial charge in [-0.3, -0.25) is 24.2 Å². The van der Waals surface area contributed by atoms with Gasteiger partial charge in [-0.25, -0.2) is 0 Å². The summed E-state index contributed by atoms with van der Waals surface area (Å²) in [5.41, 5.74) is 5.57. The number of nitrogens with zero attached hydrogens (tertiary/aromatic N) is 2. The molecule has 162 valence electrons. The minimum Gasteiger partial charge on any atom is -0.369 e. The molecule has 0 spiro atoms. The number of nitrogens with two attached hydrogens (primary N) is 1. The molecule has 0 saturated carbocycles. The van der Waals surface area contributed by atoms with E-state index in [1.54, 1.807) is 24.3 Å². The van der Waals surface area contributed by atoms with Crippen LogP contribution in [0, 0.1) is 5.92 Å². The number of piperidine rings is 1. The van der Waals surface area contributed by atoms with E-state index < -0.39 is 17.4 Å². The maximum Gasteiger partial charge on any atom is 0.258 e. The van der Waals surface area contributed by atoms with Gasteiger partial charge in [0, 0.05) is 35.6 Å². The maximum atomic E-state index is 12.9. The Balaban J connectivity index is 1.58. The number of nitrogens with one attached hydrogen (secondary N) is 3. The third kappa shape index (κ3) is 4.46. The van der Waals surface area contributed by atoms with E-state index in [-0.39, 0.29) is 35.5 Å². The quantitative estimate of drug-likeness (QED) is 0.509. The SMILES string of the molecule is NC(=O)C1CCN(c2nc3c(c(=O)[nH]2)C(C(=O)Nc2ccc(Br)cc2)CC(=O)N3)CC1. The number of primary amides is 1. The standard InChI is InChI=1S/C20H21BrN6O4/c21-11-1-3-12(4-2-11)23-18(30)13-9-14(28)24-17-15(13)19(31)26-20(25-17)27-7-5-10(6-8-27)16(22)29/h1-4,10,13H,5-9H2,(H2,22,29)(H,23,30)(H2,24,25,26,28,31). The van der Waals surface area contributed by atoms with Crippen molar-refractivity contribution < 1.29 is 14.4 Å². The van der Waals surface area contributed by atoms with Crippen LogP contribution in [0.1, 0.15) is 30.7 Å². The summed E-state index contributed by atoms with van der Waals surface area (Å²) < 4.78 is 0.862. The number of benzene rings is 1. The first kappa shape index (κ1) is 21.0. The van der Waals surface area contributed by atoms with Gasteiger partial charge in [0.05, 0.1) is 11.5 Å². The number of rotatable bonds is 4. The molecule has 0 aliphatic carbocycles. The molecule has 0 bridgehead atoms.